The molecule has 0 unspecified atom stereocenters. The molecule has 2 aromatic carbocycles. The number of methoxy groups -OCH3 is 1. The molecule has 1 fully saturated rings. The number of benzene rings is 2. The molecule has 0 bridgehead atoms. The maximum absolute atomic E-state index is 5.34. The van der Waals surface area contributed by atoms with E-state index in [9.17, 15) is 0 Å². The number of aromatic nitrogens is 3. The minimum absolute atomic E-state index is 0.885. The minimum Gasteiger partial charge on any atom is -0.497 e. The highest BCUT2D eigenvalue weighted by Crippen LogP contribution is 2.28. The number of imidazole rings is 2. The SMILES string of the molecule is COc1ccc(-c2cn3c4ccccc4nc3n2CCC[NH+]2CCCCC2)cc1. The van der Waals surface area contributed by atoms with E-state index < -0.39 is 0 Å². The van der Waals surface area contributed by atoms with Gasteiger partial charge in [-0.15, -0.1) is 0 Å². The highest BCUT2D eigenvalue weighted by molar-refractivity contribution is 5.81. The summed E-state index contributed by atoms with van der Waals surface area (Å²) >= 11 is 0. The number of hydrogen-bond acceptors (Lipinski definition) is 2. The van der Waals surface area contributed by atoms with E-state index in [0.29, 0.717) is 0 Å². The van der Waals surface area contributed by atoms with E-state index in [1.54, 1.807) is 12.0 Å². The second kappa shape index (κ2) is 7.91. The summed E-state index contributed by atoms with van der Waals surface area (Å²) in [6.45, 7) is 4.90. The van der Waals surface area contributed by atoms with Crippen LogP contribution in [0, 0.1) is 0 Å². The third-order valence-electron chi connectivity index (χ3n) is 6.22. The summed E-state index contributed by atoms with van der Waals surface area (Å²) in [5.74, 6) is 1.92. The monoisotopic (exact) mass is 389 g/mol. The topological polar surface area (TPSA) is 35.9 Å². The highest BCUT2D eigenvalue weighted by Gasteiger charge is 2.17. The van der Waals surface area contributed by atoms with Crippen molar-refractivity contribution in [3.8, 4) is 17.0 Å². The predicted molar refractivity (Wildman–Crippen MR) is 117 cm³/mol. The predicted octanol–water partition coefficient (Wildman–Crippen LogP) is 3.42. The molecule has 0 radical (unpaired) electrons. The standard InChI is InChI=1S/C24H28N4O/c1-29-20-12-10-19(11-13-20)23-18-28-22-9-4-3-8-21(22)25-24(28)27(23)17-7-16-26-14-5-2-6-15-26/h3-4,8-13,18H,2,5-7,14-17H2,1H3/p+1. The second-order valence-electron chi connectivity index (χ2n) is 8.08. The van der Waals surface area contributed by atoms with Crippen LogP contribution in [-0.2, 0) is 6.54 Å². The van der Waals surface area contributed by atoms with Gasteiger partial charge in [0.25, 0.3) is 0 Å². The van der Waals surface area contributed by atoms with Gasteiger partial charge in [-0.2, -0.15) is 0 Å². The molecule has 5 nitrogen and oxygen atoms in total. The zero-order valence-electron chi connectivity index (χ0n) is 17.1. The lowest BCUT2D eigenvalue weighted by molar-refractivity contribution is -0.905. The summed E-state index contributed by atoms with van der Waals surface area (Å²) in [6, 6.07) is 16.7. The number of aryl methyl sites for hydroxylation is 1. The van der Waals surface area contributed by atoms with Crippen molar-refractivity contribution in [2.45, 2.75) is 32.2 Å². The number of nitrogens with zero attached hydrogens (tertiary/aromatic N) is 3. The summed E-state index contributed by atoms with van der Waals surface area (Å²) in [7, 11) is 1.71. The largest absolute Gasteiger partial charge is 0.497 e. The zero-order valence-corrected chi connectivity index (χ0v) is 17.1. The summed E-state index contributed by atoms with van der Waals surface area (Å²) in [4.78, 5) is 6.72. The van der Waals surface area contributed by atoms with E-state index in [1.807, 2.05) is 12.1 Å². The lowest BCUT2D eigenvalue weighted by Gasteiger charge is -2.23. The number of fused-ring (bicyclic) bond motifs is 3. The zero-order chi connectivity index (χ0) is 19.6. The first-order chi connectivity index (χ1) is 14.3. The molecule has 29 heavy (non-hydrogen) atoms. The van der Waals surface area contributed by atoms with Crippen LogP contribution in [0.25, 0.3) is 28.1 Å². The summed E-state index contributed by atoms with van der Waals surface area (Å²) in [5, 5.41) is 0. The molecular weight excluding hydrogens is 360 g/mol. The van der Waals surface area contributed by atoms with E-state index in [2.05, 4.69) is 51.6 Å². The average Bonchev–Trinajstić information content (AvgIpc) is 3.31. The fourth-order valence-electron chi connectivity index (χ4n) is 4.65. The molecular formula is C24H29N4O+. The van der Waals surface area contributed by atoms with Crippen molar-refractivity contribution < 1.29 is 9.64 Å². The Morgan fingerprint density at radius 2 is 1.79 bits per heavy atom. The number of ether oxygens (including phenoxy) is 1. The maximum Gasteiger partial charge on any atom is 0.215 e. The Bertz CT molecular complexity index is 1100. The third kappa shape index (κ3) is 3.51. The molecule has 1 aliphatic rings. The molecule has 2 aromatic heterocycles. The van der Waals surface area contributed by atoms with Crippen molar-refractivity contribution in [2.24, 2.45) is 0 Å². The molecule has 1 N–H and O–H groups in total. The lowest BCUT2D eigenvalue weighted by atomic mass is 10.1. The van der Waals surface area contributed by atoms with Crippen molar-refractivity contribution in [3.05, 3.63) is 54.7 Å². The Morgan fingerprint density at radius 1 is 1.00 bits per heavy atom. The number of hydrogen-bond donors (Lipinski definition) is 1. The highest BCUT2D eigenvalue weighted by atomic mass is 16.5. The van der Waals surface area contributed by atoms with Gasteiger partial charge in [-0.05, 0) is 55.7 Å². The van der Waals surface area contributed by atoms with E-state index >= 15 is 0 Å². The van der Waals surface area contributed by atoms with E-state index in [0.717, 1.165) is 29.1 Å². The fourth-order valence-corrected chi connectivity index (χ4v) is 4.65. The van der Waals surface area contributed by atoms with Crippen LogP contribution in [0.2, 0.25) is 0 Å². The third-order valence-corrected chi connectivity index (χ3v) is 6.22. The summed E-state index contributed by atoms with van der Waals surface area (Å²) in [5.41, 5.74) is 4.64. The van der Waals surface area contributed by atoms with E-state index in [-0.39, 0.29) is 0 Å². The molecule has 5 heteroatoms. The molecule has 5 rings (SSSR count). The second-order valence-corrected chi connectivity index (χ2v) is 8.08. The average molecular weight is 390 g/mol. The van der Waals surface area contributed by atoms with E-state index in [1.165, 1.54) is 56.6 Å². The van der Waals surface area contributed by atoms with Gasteiger partial charge in [-0.25, -0.2) is 4.98 Å². The molecule has 0 atom stereocenters. The molecule has 1 saturated heterocycles. The number of rotatable bonds is 6. The van der Waals surface area contributed by atoms with Crippen molar-refractivity contribution >= 4 is 16.8 Å². The van der Waals surface area contributed by atoms with Crippen molar-refractivity contribution in [1.82, 2.24) is 14.0 Å². The Kier molecular flexibility index (Phi) is 4.98. The van der Waals surface area contributed by atoms with Gasteiger partial charge < -0.3 is 14.2 Å². The number of piperidine rings is 1. The lowest BCUT2D eigenvalue weighted by Crippen LogP contribution is -3.12. The molecule has 0 aliphatic carbocycles. The molecule has 4 aromatic rings. The van der Waals surface area contributed by atoms with Crippen LogP contribution in [0.5, 0.6) is 5.75 Å². The van der Waals surface area contributed by atoms with Crippen LogP contribution >= 0.6 is 0 Å². The summed E-state index contributed by atoms with van der Waals surface area (Å²) < 4.78 is 9.97. The van der Waals surface area contributed by atoms with Gasteiger partial charge in [0.1, 0.15) is 5.75 Å². The Labute approximate surface area is 171 Å². The maximum atomic E-state index is 5.34. The van der Waals surface area contributed by atoms with Gasteiger partial charge in [0.05, 0.1) is 43.5 Å². The van der Waals surface area contributed by atoms with Crippen molar-refractivity contribution in [2.75, 3.05) is 26.7 Å². The minimum atomic E-state index is 0.885. The molecule has 0 spiro atoms. The number of nitrogens with one attached hydrogen (secondary N) is 1. The normalized spacial score (nSPS) is 15.3. The van der Waals surface area contributed by atoms with Crippen LogP contribution in [0.3, 0.4) is 0 Å². The van der Waals surface area contributed by atoms with Crippen LogP contribution < -0.4 is 9.64 Å². The van der Waals surface area contributed by atoms with Gasteiger partial charge in [0.2, 0.25) is 5.78 Å². The van der Waals surface area contributed by atoms with Crippen LogP contribution in [-0.4, -0.2) is 40.7 Å². The quantitative estimate of drug-likeness (QED) is 0.548. The molecule has 0 saturated carbocycles. The smallest absolute Gasteiger partial charge is 0.215 e. The van der Waals surface area contributed by atoms with Crippen molar-refractivity contribution in [1.29, 1.82) is 0 Å². The molecule has 0 amide bonds. The number of quaternary nitrogens is 1. The van der Waals surface area contributed by atoms with E-state index in [4.69, 9.17) is 9.72 Å². The molecule has 1 aliphatic heterocycles. The van der Waals surface area contributed by atoms with Gasteiger partial charge >= 0.3 is 0 Å². The van der Waals surface area contributed by atoms with Gasteiger partial charge in [0.15, 0.2) is 0 Å². The first-order valence-electron chi connectivity index (χ1n) is 10.8. The van der Waals surface area contributed by atoms with Crippen LogP contribution in [0.4, 0.5) is 0 Å². The first-order valence-corrected chi connectivity index (χ1v) is 10.8. The van der Waals surface area contributed by atoms with Gasteiger partial charge in [-0.3, -0.25) is 4.40 Å². The summed E-state index contributed by atoms with van der Waals surface area (Å²) in [6.07, 6.45) is 7.58. The molecule has 150 valence electrons. The Balaban J connectivity index is 1.50. The number of likely N-dealkylation sites (tertiary alicyclic amines) is 1. The van der Waals surface area contributed by atoms with Crippen molar-refractivity contribution in [3.63, 3.8) is 0 Å². The number of para-hydroxylation sites is 2. The molecule has 3 heterocycles. The van der Waals surface area contributed by atoms with Gasteiger partial charge in [0, 0.05) is 24.7 Å². The van der Waals surface area contributed by atoms with Crippen LogP contribution in [0.1, 0.15) is 25.7 Å². The van der Waals surface area contributed by atoms with Crippen LogP contribution in [0.15, 0.2) is 54.7 Å². The Hall–Kier alpha value is -2.79. The Morgan fingerprint density at radius 3 is 2.59 bits per heavy atom. The first kappa shape index (κ1) is 18.3. The fraction of sp³-hybridized carbons (Fsp3) is 0.375. The van der Waals surface area contributed by atoms with Gasteiger partial charge in [-0.1, -0.05) is 12.1 Å².